The molecule has 8 nitrogen and oxygen atoms in total. The lowest BCUT2D eigenvalue weighted by molar-refractivity contribution is -0.385. The van der Waals surface area contributed by atoms with Crippen LogP contribution in [-0.4, -0.2) is 22.0 Å². The summed E-state index contributed by atoms with van der Waals surface area (Å²) in [5.41, 5.74) is 3.96. The summed E-state index contributed by atoms with van der Waals surface area (Å²) in [6.07, 6.45) is 2.49. The van der Waals surface area contributed by atoms with Crippen LogP contribution in [0.4, 0.5) is 5.69 Å². The van der Waals surface area contributed by atoms with E-state index in [1.165, 1.54) is 18.3 Å². The van der Waals surface area contributed by atoms with E-state index in [1.54, 1.807) is 18.2 Å². The summed E-state index contributed by atoms with van der Waals surface area (Å²) in [4.78, 5) is 25.7. The van der Waals surface area contributed by atoms with Gasteiger partial charge in [-0.1, -0.05) is 30.3 Å². The molecule has 0 bridgehead atoms. The van der Waals surface area contributed by atoms with E-state index in [0.29, 0.717) is 12.4 Å². The molecule has 0 aliphatic heterocycles. The third-order valence-electron chi connectivity index (χ3n) is 3.76. The largest absolute Gasteiger partial charge is 0.488 e. The molecule has 2 aromatic carbocycles. The van der Waals surface area contributed by atoms with Crippen molar-refractivity contribution in [1.29, 1.82) is 0 Å². The van der Waals surface area contributed by atoms with Crippen LogP contribution in [0.15, 0.2) is 76.4 Å². The first kappa shape index (κ1) is 20.2. The molecule has 29 heavy (non-hydrogen) atoms. The monoisotopic (exact) mass is 454 g/mol. The van der Waals surface area contributed by atoms with Crippen LogP contribution in [0.5, 0.6) is 5.75 Å². The molecule has 0 aliphatic carbocycles. The van der Waals surface area contributed by atoms with E-state index in [0.717, 1.165) is 21.8 Å². The van der Waals surface area contributed by atoms with E-state index < -0.39 is 10.8 Å². The van der Waals surface area contributed by atoms with Crippen LogP contribution in [-0.2, 0) is 6.61 Å². The van der Waals surface area contributed by atoms with Crippen molar-refractivity contribution in [2.24, 2.45) is 5.10 Å². The Kier molecular flexibility index (Phi) is 6.64. The van der Waals surface area contributed by atoms with Crippen molar-refractivity contribution in [1.82, 2.24) is 10.4 Å². The highest BCUT2D eigenvalue weighted by atomic mass is 79.9. The van der Waals surface area contributed by atoms with Gasteiger partial charge in [-0.3, -0.25) is 14.9 Å². The average Bonchev–Trinajstić information content (AvgIpc) is 2.74. The van der Waals surface area contributed by atoms with Gasteiger partial charge in [0, 0.05) is 6.07 Å². The molecule has 0 saturated heterocycles. The number of carbonyl (C=O) groups is 1. The Hall–Kier alpha value is -3.59. The van der Waals surface area contributed by atoms with Gasteiger partial charge in [-0.15, -0.1) is 0 Å². The predicted molar refractivity (Wildman–Crippen MR) is 111 cm³/mol. The second-order valence-corrected chi connectivity index (χ2v) is 6.68. The van der Waals surface area contributed by atoms with Gasteiger partial charge in [0.25, 0.3) is 11.6 Å². The van der Waals surface area contributed by atoms with Gasteiger partial charge < -0.3 is 4.74 Å². The van der Waals surface area contributed by atoms with Gasteiger partial charge in [-0.2, -0.15) is 5.10 Å². The van der Waals surface area contributed by atoms with Crippen LogP contribution < -0.4 is 10.2 Å². The average molecular weight is 455 g/mol. The third-order valence-corrected chi connectivity index (χ3v) is 4.38. The quantitative estimate of drug-likeness (QED) is 0.328. The number of hydrogen-bond donors (Lipinski definition) is 1. The Morgan fingerprint density at radius 2 is 2.00 bits per heavy atom. The van der Waals surface area contributed by atoms with Crippen LogP contribution in [0.25, 0.3) is 0 Å². The molecule has 146 valence electrons. The maximum atomic E-state index is 12.0. The number of amides is 1. The number of rotatable bonds is 7. The summed E-state index contributed by atoms with van der Waals surface area (Å²) in [6, 6.07) is 17.7. The van der Waals surface area contributed by atoms with Crippen LogP contribution in [0, 0.1) is 10.1 Å². The second kappa shape index (κ2) is 9.56. The SMILES string of the molecule is O=C(N/N=C/c1ccc(OCc2ccccc2)c(Br)c1)c1ccc([N+](=O)[O-])cn1. The zero-order chi connectivity index (χ0) is 20.6. The molecular formula is C20H15BrN4O4. The summed E-state index contributed by atoms with van der Waals surface area (Å²) in [5.74, 6) is 0.114. The number of carbonyl (C=O) groups excluding carboxylic acids is 1. The Morgan fingerprint density at radius 1 is 1.21 bits per heavy atom. The number of hydrogen-bond acceptors (Lipinski definition) is 6. The normalized spacial score (nSPS) is 10.7. The minimum Gasteiger partial charge on any atom is -0.488 e. The molecule has 1 amide bonds. The molecule has 3 rings (SSSR count). The topological polar surface area (TPSA) is 107 Å². The van der Waals surface area contributed by atoms with Gasteiger partial charge in [-0.05, 0) is 51.3 Å². The summed E-state index contributed by atoms with van der Waals surface area (Å²) in [5, 5.41) is 14.5. The molecule has 0 aliphatic rings. The number of ether oxygens (including phenoxy) is 1. The minimum absolute atomic E-state index is 0.0265. The highest BCUT2D eigenvalue weighted by molar-refractivity contribution is 9.10. The summed E-state index contributed by atoms with van der Waals surface area (Å²) in [6.45, 7) is 0.450. The number of nitrogens with one attached hydrogen (secondary N) is 1. The first-order chi connectivity index (χ1) is 14.0. The standard InChI is InChI=1S/C20H15BrN4O4/c21-17-10-15(6-9-19(17)29-13-14-4-2-1-3-5-14)11-23-24-20(26)18-8-7-16(12-22-18)25(27)28/h1-12H,13H2,(H,24,26)/b23-11+. The summed E-state index contributed by atoms with van der Waals surface area (Å²) < 4.78 is 6.54. The molecule has 1 heterocycles. The van der Waals surface area contributed by atoms with E-state index in [1.807, 2.05) is 30.3 Å². The molecule has 1 N–H and O–H groups in total. The number of hydrazone groups is 1. The molecular weight excluding hydrogens is 440 g/mol. The Labute approximate surface area is 174 Å². The van der Waals surface area contributed by atoms with Crippen LogP contribution in [0.3, 0.4) is 0 Å². The van der Waals surface area contributed by atoms with E-state index in [9.17, 15) is 14.9 Å². The molecule has 0 atom stereocenters. The van der Waals surface area contributed by atoms with E-state index in [4.69, 9.17) is 4.74 Å². The number of pyridine rings is 1. The highest BCUT2D eigenvalue weighted by Crippen LogP contribution is 2.26. The van der Waals surface area contributed by atoms with Crippen molar-refractivity contribution < 1.29 is 14.5 Å². The fraction of sp³-hybridized carbons (Fsp3) is 0.0500. The van der Waals surface area contributed by atoms with Crippen LogP contribution in [0.1, 0.15) is 21.6 Å². The number of aromatic nitrogens is 1. The number of nitro groups is 1. The number of benzene rings is 2. The zero-order valence-corrected chi connectivity index (χ0v) is 16.6. The van der Waals surface area contributed by atoms with Crippen molar-refractivity contribution >= 4 is 33.7 Å². The molecule has 0 spiro atoms. The van der Waals surface area contributed by atoms with Crippen LogP contribution in [0.2, 0.25) is 0 Å². The summed E-state index contributed by atoms with van der Waals surface area (Å²) >= 11 is 3.46. The Bertz CT molecular complexity index is 1040. The van der Waals surface area contributed by atoms with Crippen LogP contribution >= 0.6 is 15.9 Å². The Balaban J connectivity index is 1.57. The maximum Gasteiger partial charge on any atom is 0.289 e. The van der Waals surface area contributed by atoms with Crippen molar-refractivity contribution in [3.05, 3.63) is 98.3 Å². The van der Waals surface area contributed by atoms with E-state index in [2.05, 4.69) is 31.4 Å². The van der Waals surface area contributed by atoms with Gasteiger partial charge in [0.05, 0.1) is 15.6 Å². The lowest BCUT2D eigenvalue weighted by Crippen LogP contribution is -2.18. The lowest BCUT2D eigenvalue weighted by atomic mass is 10.2. The van der Waals surface area contributed by atoms with Gasteiger partial charge >= 0.3 is 0 Å². The maximum absolute atomic E-state index is 12.0. The lowest BCUT2D eigenvalue weighted by Gasteiger charge is -2.08. The molecule has 0 radical (unpaired) electrons. The van der Waals surface area contributed by atoms with Gasteiger partial charge in [0.1, 0.15) is 24.2 Å². The molecule has 0 saturated carbocycles. The third kappa shape index (κ3) is 5.69. The minimum atomic E-state index is -0.585. The second-order valence-electron chi connectivity index (χ2n) is 5.82. The van der Waals surface area contributed by atoms with Gasteiger partial charge in [0.15, 0.2) is 0 Å². The first-order valence-electron chi connectivity index (χ1n) is 8.43. The Morgan fingerprint density at radius 3 is 2.66 bits per heavy atom. The van der Waals surface area contributed by atoms with Crippen molar-refractivity contribution in [2.45, 2.75) is 6.61 Å². The van der Waals surface area contributed by atoms with E-state index in [-0.39, 0.29) is 11.4 Å². The molecule has 9 heteroatoms. The van der Waals surface area contributed by atoms with Crippen molar-refractivity contribution in [3.63, 3.8) is 0 Å². The summed E-state index contributed by atoms with van der Waals surface area (Å²) in [7, 11) is 0. The van der Waals surface area contributed by atoms with Crippen molar-refractivity contribution in [3.8, 4) is 5.75 Å². The fourth-order valence-electron chi connectivity index (χ4n) is 2.30. The highest BCUT2D eigenvalue weighted by Gasteiger charge is 2.10. The molecule has 3 aromatic rings. The number of nitrogens with zero attached hydrogens (tertiary/aromatic N) is 3. The van der Waals surface area contributed by atoms with Gasteiger partial charge in [-0.25, -0.2) is 10.4 Å². The fourth-order valence-corrected chi connectivity index (χ4v) is 2.81. The van der Waals surface area contributed by atoms with E-state index >= 15 is 0 Å². The van der Waals surface area contributed by atoms with Crippen molar-refractivity contribution in [2.75, 3.05) is 0 Å². The molecule has 1 aromatic heterocycles. The number of halogens is 1. The smallest absolute Gasteiger partial charge is 0.289 e. The predicted octanol–water partition coefficient (Wildman–Crippen LogP) is 4.10. The zero-order valence-electron chi connectivity index (χ0n) is 15.0. The first-order valence-corrected chi connectivity index (χ1v) is 9.22. The molecule has 0 fully saturated rings. The van der Waals surface area contributed by atoms with Gasteiger partial charge in [0.2, 0.25) is 0 Å². The molecule has 0 unspecified atom stereocenters.